The second-order valence-electron chi connectivity index (χ2n) is 4.06. The molecule has 0 aliphatic heterocycles. The summed E-state index contributed by atoms with van der Waals surface area (Å²) in [4.78, 5) is 12.8. The van der Waals surface area contributed by atoms with E-state index in [1.165, 1.54) is 11.3 Å². The predicted molar refractivity (Wildman–Crippen MR) is 62.3 cm³/mol. The van der Waals surface area contributed by atoms with Crippen molar-refractivity contribution in [1.29, 1.82) is 0 Å². The van der Waals surface area contributed by atoms with E-state index in [0.717, 1.165) is 12.8 Å². The molecular weight excluding hydrogens is 216 g/mol. The molecule has 3 heteroatoms. The minimum atomic E-state index is -0.288. The standard InChI is InChI=1S/C11H15ClOS/c1-4-6-11(2,3)10(13)9-8(12)5-7-14-9/h5,7H,4,6H2,1-3H3. The Kier molecular flexibility index (Phi) is 3.73. The second kappa shape index (κ2) is 4.45. The fraction of sp³-hybridized carbons (Fsp3) is 0.545. The molecule has 1 aromatic rings. The molecule has 0 aromatic carbocycles. The van der Waals surface area contributed by atoms with E-state index >= 15 is 0 Å². The Hall–Kier alpha value is -0.340. The molecule has 1 nitrogen and oxygen atoms in total. The molecule has 78 valence electrons. The second-order valence-corrected chi connectivity index (χ2v) is 5.38. The summed E-state index contributed by atoms with van der Waals surface area (Å²) in [6.45, 7) is 6.05. The summed E-state index contributed by atoms with van der Waals surface area (Å²) in [5.74, 6) is 0.166. The molecule has 0 radical (unpaired) electrons. The Labute approximate surface area is 94.1 Å². The molecule has 0 bridgehead atoms. The number of hydrogen-bond acceptors (Lipinski definition) is 2. The van der Waals surface area contributed by atoms with Gasteiger partial charge < -0.3 is 0 Å². The van der Waals surface area contributed by atoms with Crippen molar-refractivity contribution >= 4 is 28.7 Å². The molecule has 0 N–H and O–H groups in total. The van der Waals surface area contributed by atoms with E-state index in [4.69, 9.17) is 11.6 Å². The van der Waals surface area contributed by atoms with Crippen LogP contribution >= 0.6 is 22.9 Å². The third-order valence-electron chi connectivity index (χ3n) is 2.31. The van der Waals surface area contributed by atoms with Gasteiger partial charge in [0.2, 0.25) is 0 Å². The summed E-state index contributed by atoms with van der Waals surface area (Å²) in [5, 5.41) is 2.45. The topological polar surface area (TPSA) is 17.1 Å². The van der Waals surface area contributed by atoms with Gasteiger partial charge in [-0.15, -0.1) is 11.3 Å². The van der Waals surface area contributed by atoms with E-state index in [9.17, 15) is 4.79 Å². The van der Waals surface area contributed by atoms with E-state index in [1.54, 1.807) is 6.07 Å². The third-order valence-corrected chi connectivity index (χ3v) is 3.65. The van der Waals surface area contributed by atoms with Crippen molar-refractivity contribution in [3.63, 3.8) is 0 Å². The molecule has 14 heavy (non-hydrogen) atoms. The van der Waals surface area contributed by atoms with E-state index in [2.05, 4.69) is 6.92 Å². The van der Waals surface area contributed by atoms with E-state index in [-0.39, 0.29) is 11.2 Å². The molecule has 0 atom stereocenters. The first-order valence-electron chi connectivity index (χ1n) is 4.77. The van der Waals surface area contributed by atoms with Crippen LogP contribution in [0.25, 0.3) is 0 Å². The smallest absolute Gasteiger partial charge is 0.179 e. The lowest BCUT2D eigenvalue weighted by Crippen LogP contribution is -2.23. The maximum Gasteiger partial charge on any atom is 0.179 e. The number of rotatable bonds is 4. The normalized spacial score (nSPS) is 11.7. The lowest BCUT2D eigenvalue weighted by molar-refractivity contribution is 0.0830. The van der Waals surface area contributed by atoms with Crippen molar-refractivity contribution in [2.75, 3.05) is 0 Å². The Bertz CT molecular complexity index is 328. The van der Waals surface area contributed by atoms with Gasteiger partial charge in [0.05, 0.1) is 9.90 Å². The Morgan fingerprint density at radius 3 is 2.64 bits per heavy atom. The summed E-state index contributed by atoms with van der Waals surface area (Å²) in [5.41, 5.74) is -0.288. The summed E-state index contributed by atoms with van der Waals surface area (Å²) < 4.78 is 0. The monoisotopic (exact) mass is 230 g/mol. The largest absolute Gasteiger partial charge is 0.293 e. The van der Waals surface area contributed by atoms with Crippen molar-refractivity contribution in [2.45, 2.75) is 33.6 Å². The Morgan fingerprint density at radius 1 is 1.57 bits per heavy atom. The minimum absolute atomic E-state index is 0.166. The van der Waals surface area contributed by atoms with Gasteiger partial charge in [-0.1, -0.05) is 38.8 Å². The zero-order chi connectivity index (χ0) is 10.8. The Balaban J connectivity index is 2.90. The average molecular weight is 231 g/mol. The van der Waals surface area contributed by atoms with Gasteiger partial charge in [-0.2, -0.15) is 0 Å². The van der Waals surface area contributed by atoms with E-state index in [1.807, 2.05) is 19.2 Å². The molecule has 1 heterocycles. The minimum Gasteiger partial charge on any atom is -0.293 e. The molecule has 0 spiro atoms. The van der Waals surface area contributed by atoms with Crippen molar-refractivity contribution in [2.24, 2.45) is 5.41 Å². The molecule has 0 aliphatic carbocycles. The number of carbonyl (C=O) groups excluding carboxylic acids is 1. The lowest BCUT2D eigenvalue weighted by atomic mass is 9.83. The number of ketones is 1. The SMILES string of the molecule is CCCC(C)(C)C(=O)c1sccc1Cl. The summed E-state index contributed by atoms with van der Waals surface area (Å²) in [6.07, 6.45) is 1.92. The highest BCUT2D eigenvalue weighted by Crippen LogP contribution is 2.33. The van der Waals surface area contributed by atoms with Crippen LogP contribution in [0.15, 0.2) is 11.4 Å². The maximum atomic E-state index is 12.1. The van der Waals surface area contributed by atoms with Crippen LogP contribution in [0.2, 0.25) is 5.02 Å². The molecule has 1 aromatic heterocycles. The van der Waals surface area contributed by atoms with Crippen molar-refractivity contribution in [3.05, 3.63) is 21.3 Å². The first-order chi connectivity index (χ1) is 6.49. The van der Waals surface area contributed by atoms with Gasteiger partial charge >= 0.3 is 0 Å². The molecule has 0 amide bonds. The Morgan fingerprint density at radius 2 is 2.21 bits per heavy atom. The van der Waals surface area contributed by atoms with Crippen molar-refractivity contribution in [3.8, 4) is 0 Å². The average Bonchev–Trinajstić information content (AvgIpc) is 2.50. The first kappa shape index (κ1) is 11.7. The number of hydrogen-bond donors (Lipinski definition) is 0. The number of halogens is 1. The summed E-state index contributed by atoms with van der Waals surface area (Å²) in [6, 6.07) is 1.78. The molecule has 1 rings (SSSR count). The van der Waals surface area contributed by atoms with Crippen LogP contribution in [-0.2, 0) is 0 Å². The van der Waals surface area contributed by atoms with E-state index in [0.29, 0.717) is 9.90 Å². The molecule has 0 unspecified atom stereocenters. The van der Waals surface area contributed by atoms with Crippen LogP contribution < -0.4 is 0 Å². The van der Waals surface area contributed by atoms with Crippen LogP contribution in [-0.4, -0.2) is 5.78 Å². The van der Waals surface area contributed by atoms with Crippen LogP contribution in [0.3, 0.4) is 0 Å². The van der Waals surface area contributed by atoms with Gasteiger partial charge in [-0.05, 0) is 17.9 Å². The fourth-order valence-corrected chi connectivity index (χ4v) is 2.76. The highest BCUT2D eigenvalue weighted by Gasteiger charge is 2.29. The van der Waals surface area contributed by atoms with Gasteiger partial charge in [0.25, 0.3) is 0 Å². The quantitative estimate of drug-likeness (QED) is 0.701. The maximum absolute atomic E-state index is 12.1. The number of carbonyl (C=O) groups is 1. The van der Waals surface area contributed by atoms with Crippen LogP contribution in [0.1, 0.15) is 43.3 Å². The zero-order valence-corrected chi connectivity index (χ0v) is 10.3. The molecule has 0 saturated carbocycles. The predicted octanol–water partition coefficient (Wildman–Crippen LogP) is 4.41. The van der Waals surface area contributed by atoms with Gasteiger partial charge in [0, 0.05) is 5.41 Å². The highest BCUT2D eigenvalue weighted by atomic mass is 35.5. The van der Waals surface area contributed by atoms with Gasteiger partial charge in [0.1, 0.15) is 0 Å². The summed E-state index contributed by atoms with van der Waals surface area (Å²) >= 11 is 7.36. The first-order valence-corrected chi connectivity index (χ1v) is 6.02. The van der Waals surface area contributed by atoms with Crippen molar-refractivity contribution < 1.29 is 4.79 Å². The number of thiophene rings is 1. The highest BCUT2D eigenvalue weighted by molar-refractivity contribution is 7.12. The summed E-state index contributed by atoms with van der Waals surface area (Å²) in [7, 11) is 0. The number of Topliss-reactive ketones (excluding diaryl/α,β-unsaturated/α-hetero) is 1. The van der Waals surface area contributed by atoms with Crippen LogP contribution in [0.4, 0.5) is 0 Å². The molecule has 0 saturated heterocycles. The van der Waals surface area contributed by atoms with Crippen LogP contribution in [0, 0.1) is 5.41 Å². The zero-order valence-electron chi connectivity index (χ0n) is 8.76. The van der Waals surface area contributed by atoms with Gasteiger partial charge in [-0.25, -0.2) is 0 Å². The van der Waals surface area contributed by atoms with Gasteiger partial charge in [0.15, 0.2) is 5.78 Å². The van der Waals surface area contributed by atoms with Gasteiger partial charge in [-0.3, -0.25) is 4.79 Å². The molecular formula is C11H15ClOS. The van der Waals surface area contributed by atoms with Crippen LogP contribution in [0.5, 0.6) is 0 Å². The third kappa shape index (κ3) is 2.37. The lowest BCUT2D eigenvalue weighted by Gasteiger charge is -2.21. The fourth-order valence-electron chi connectivity index (χ4n) is 1.50. The van der Waals surface area contributed by atoms with E-state index < -0.39 is 0 Å². The molecule has 0 fully saturated rings. The molecule has 0 aliphatic rings. The van der Waals surface area contributed by atoms with Crippen molar-refractivity contribution in [1.82, 2.24) is 0 Å².